The van der Waals surface area contributed by atoms with E-state index in [2.05, 4.69) is 159 Å². The molecule has 2 saturated carbocycles. The van der Waals surface area contributed by atoms with Crippen molar-refractivity contribution in [3.63, 3.8) is 0 Å². The zero-order chi connectivity index (χ0) is 45.9. The molecule has 5 nitrogen and oxygen atoms in total. The second-order valence-electron chi connectivity index (χ2n) is 19.4. The normalized spacial score (nSPS) is 16.1. The molecule has 3 aliphatic carbocycles. The van der Waals surface area contributed by atoms with E-state index >= 15 is 0 Å². The number of carboxylic acid groups (broad SMARTS) is 1. The molecule has 0 saturated heterocycles. The van der Waals surface area contributed by atoms with Crippen LogP contribution in [0, 0.1) is 13.8 Å². The Morgan fingerprint density at radius 2 is 1.00 bits per heavy atom. The van der Waals surface area contributed by atoms with Crippen molar-refractivity contribution in [2.45, 2.75) is 115 Å². The molecule has 3 aliphatic rings. The average molecular weight is 917 g/mol. The van der Waals surface area contributed by atoms with Gasteiger partial charge in [0.1, 0.15) is 0 Å². The van der Waals surface area contributed by atoms with E-state index in [1.165, 1.54) is 75.8 Å². The maximum atomic E-state index is 13.4. The molecule has 344 valence electrons. The standard InChI is InChI=1S/C62H61N3O2.ClH/c1-40-35-50(43-21-16-17-22-43)60(52(37-40)56(45-25-8-4-9-26-45)46-27-10-5-11-28-46)63-42(3)58-54(62(66)67)39-49-33-20-34-55(59(49)65-58)64-61-51(44-23-18-19-24-44)36-41(2)38-53(61)57(47-29-12-6-13-30-47)48-31-14-7-15-32-48;/h4-15,25-32,35-39,43-44,56-57H,16-24,33-34H2,1-3H3,(H,66,67);1H. The summed E-state index contributed by atoms with van der Waals surface area (Å²) in [5, 5.41) is 11.0. The zero-order valence-corrected chi connectivity index (χ0v) is 40.4. The van der Waals surface area contributed by atoms with Crippen LogP contribution in [0.15, 0.2) is 162 Å². The fourth-order valence-corrected chi connectivity index (χ4v) is 11.6. The van der Waals surface area contributed by atoms with E-state index < -0.39 is 5.97 Å². The first-order chi connectivity index (χ1) is 32.8. The van der Waals surface area contributed by atoms with Gasteiger partial charge < -0.3 is 5.11 Å². The molecule has 7 aromatic rings. The van der Waals surface area contributed by atoms with E-state index in [1.807, 2.05) is 13.0 Å². The molecule has 0 spiro atoms. The fraction of sp³-hybridized carbons (Fsp3) is 0.290. The fourth-order valence-electron chi connectivity index (χ4n) is 11.6. The van der Waals surface area contributed by atoms with Gasteiger partial charge in [0.25, 0.3) is 0 Å². The zero-order valence-electron chi connectivity index (χ0n) is 39.6. The molecule has 2 fully saturated rings. The second-order valence-corrected chi connectivity index (χ2v) is 19.4. The van der Waals surface area contributed by atoms with Crippen LogP contribution in [-0.2, 0) is 6.42 Å². The number of aromatic nitrogens is 1. The molecular formula is C62H62ClN3O2. The number of carbonyl (C=O) groups is 1. The molecule has 1 N–H and O–H groups in total. The Balaban J connectivity index is 0.00000578. The van der Waals surface area contributed by atoms with Gasteiger partial charge in [0.15, 0.2) is 0 Å². The minimum Gasteiger partial charge on any atom is -0.478 e. The summed E-state index contributed by atoms with van der Waals surface area (Å²) in [6.45, 7) is 6.39. The monoisotopic (exact) mass is 915 g/mol. The highest BCUT2D eigenvalue weighted by Crippen LogP contribution is 2.48. The van der Waals surface area contributed by atoms with E-state index in [0.29, 0.717) is 23.2 Å². The first-order valence-corrected chi connectivity index (χ1v) is 24.7. The number of benzene rings is 6. The SMILES string of the molecule is CC(=Nc1c(C2CCCC2)cc(C)cc1C(c1ccccc1)c1ccccc1)c1nc2c(cc1C(=O)O)CCCC2=Nc1c(C2CCCC2)cc(C)cc1C(c1ccccc1)c1ccccc1.Cl. The van der Waals surface area contributed by atoms with Crippen LogP contribution in [0.3, 0.4) is 0 Å². The number of aryl methyl sites for hydroxylation is 3. The molecule has 1 aromatic heterocycles. The van der Waals surface area contributed by atoms with Crippen molar-refractivity contribution >= 4 is 41.2 Å². The van der Waals surface area contributed by atoms with Gasteiger partial charge in [-0.05, 0) is 134 Å². The van der Waals surface area contributed by atoms with Gasteiger partial charge in [-0.2, -0.15) is 0 Å². The van der Waals surface area contributed by atoms with Gasteiger partial charge in [0, 0.05) is 11.8 Å². The quantitative estimate of drug-likeness (QED) is 0.0980. The van der Waals surface area contributed by atoms with Crippen LogP contribution in [0.5, 0.6) is 0 Å². The van der Waals surface area contributed by atoms with Crippen molar-refractivity contribution in [2.24, 2.45) is 9.98 Å². The van der Waals surface area contributed by atoms with E-state index in [-0.39, 0.29) is 29.8 Å². The van der Waals surface area contributed by atoms with Crippen molar-refractivity contribution in [2.75, 3.05) is 0 Å². The van der Waals surface area contributed by atoms with E-state index in [0.717, 1.165) is 78.9 Å². The average Bonchev–Trinajstić information content (AvgIpc) is 4.11. The number of carboxylic acids is 1. The lowest BCUT2D eigenvalue weighted by atomic mass is 9.80. The maximum absolute atomic E-state index is 13.4. The van der Waals surface area contributed by atoms with Crippen molar-refractivity contribution in [1.82, 2.24) is 4.98 Å². The summed E-state index contributed by atoms with van der Waals surface area (Å²) in [5.41, 5.74) is 18.1. The molecule has 0 aliphatic heterocycles. The van der Waals surface area contributed by atoms with Crippen LogP contribution in [0.2, 0.25) is 0 Å². The van der Waals surface area contributed by atoms with Gasteiger partial charge >= 0.3 is 5.97 Å². The number of halogens is 1. The Morgan fingerprint density at radius 1 is 0.574 bits per heavy atom. The van der Waals surface area contributed by atoms with Gasteiger partial charge in [-0.1, -0.05) is 182 Å². The highest BCUT2D eigenvalue weighted by Gasteiger charge is 2.31. The third-order valence-corrected chi connectivity index (χ3v) is 14.7. The Morgan fingerprint density at radius 3 is 1.44 bits per heavy atom. The Bertz CT molecular complexity index is 2870. The van der Waals surface area contributed by atoms with Gasteiger partial charge in [-0.3, -0.25) is 9.98 Å². The van der Waals surface area contributed by atoms with Crippen molar-refractivity contribution in [1.29, 1.82) is 0 Å². The van der Waals surface area contributed by atoms with Crippen LogP contribution in [0.4, 0.5) is 11.4 Å². The molecule has 6 heteroatoms. The molecule has 68 heavy (non-hydrogen) atoms. The lowest BCUT2D eigenvalue weighted by Gasteiger charge is -2.26. The summed E-state index contributed by atoms with van der Waals surface area (Å²) >= 11 is 0. The van der Waals surface area contributed by atoms with Crippen LogP contribution in [-0.4, -0.2) is 27.5 Å². The van der Waals surface area contributed by atoms with Crippen LogP contribution < -0.4 is 0 Å². The molecule has 6 aromatic carbocycles. The van der Waals surface area contributed by atoms with Gasteiger partial charge in [-0.15, -0.1) is 12.4 Å². The predicted octanol–water partition coefficient (Wildman–Crippen LogP) is 16.1. The van der Waals surface area contributed by atoms with Gasteiger partial charge in [-0.25, -0.2) is 9.78 Å². The predicted molar refractivity (Wildman–Crippen MR) is 282 cm³/mol. The van der Waals surface area contributed by atoms with Crippen LogP contribution in [0.25, 0.3) is 0 Å². The van der Waals surface area contributed by atoms with E-state index in [1.54, 1.807) is 0 Å². The molecule has 0 unspecified atom stereocenters. The Hall–Kier alpha value is -6.43. The number of hydrogen-bond acceptors (Lipinski definition) is 4. The van der Waals surface area contributed by atoms with E-state index in [9.17, 15) is 9.90 Å². The number of hydrogen-bond donors (Lipinski definition) is 1. The van der Waals surface area contributed by atoms with Crippen LogP contribution >= 0.6 is 12.4 Å². The minimum atomic E-state index is -0.992. The highest BCUT2D eigenvalue weighted by molar-refractivity contribution is 6.10. The summed E-state index contributed by atoms with van der Waals surface area (Å²) < 4.78 is 0. The number of nitrogens with zero attached hydrogens (tertiary/aromatic N) is 3. The third kappa shape index (κ3) is 9.64. The summed E-state index contributed by atoms with van der Waals surface area (Å²) in [5.74, 6) is -0.288. The summed E-state index contributed by atoms with van der Waals surface area (Å²) in [6, 6.07) is 54.4. The molecule has 1 heterocycles. The second kappa shape index (κ2) is 20.8. The molecule has 0 bridgehead atoms. The summed E-state index contributed by atoms with van der Waals surface area (Å²) in [6.07, 6.45) is 11.7. The number of fused-ring (bicyclic) bond motifs is 1. The number of aromatic carboxylic acids is 1. The molecular weight excluding hydrogens is 854 g/mol. The summed E-state index contributed by atoms with van der Waals surface area (Å²) in [4.78, 5) is 30.3. The van der Waals surface area contributed by atoms with Gasteiger partial charge in [0.05, 0.1) is 39.7 Å². The highest BCUT2D eigenvalue weighted by atomic mass is 35.5. The van der Waals surface area contributed by atoms with Crippen LogP contribution in [0.1, 0.15) is 178 Å². The summed E-state index contributed by atoms with van der Waals surface area (Å²) in [7, 11) is 0. The molecule has 0 amide bonds. The number of aliphatic imine (C=N–C) groups is 2. The molecule has 0 atom stereocenters. The topological polar surface area (TPSA) is 74.9 Å². The number of pyridine rings is 1. The Kier molecular flexibility index (Phi) is 14.3. The van der Waals surface area contributed by atoms with Crippen molar-refractivity contribution in [3.8, 4) is 0 Å². The lowest BCUT2D eigenvalue weighted by molar-refractivity contribution is 0.0696. The van der Waals surface area contributed by atoms with Gasteiger partial charge in [0.2, 0.25) is 0 Å². The molecule has 10 rings (SSSR count). The van der Waals surface area contributed by atoms with Crippen molar-refractivity contribution < 1.29 is 9.90 Å². The Labute approximate surface area is 409 Å². The lowest BCUT2D eigenvalue weighted by Crippen LogP contribution is -2.20. The molecule has 0 radical (unpaired) electrons. The van der Waals surface area contributed by atoms with Crippen molar-refractivity contribution in [3.05, 3.63) is 230 Å². The minimum absolute atomic E-state index is 0. The third-order valence-electron chi connectivity index (χ3n) is 14.7. The first kappa shape index (κ1) is 46.7. The first-order valence-electron chi connectivity index (χ1n) is 24.7. The maximum Gasteiger partial charge on any atom is 0.337 e. The smallest absolute Gasteiger partial charge is 0.337 e. The number of rotatable bonds is 12. The van der Waals surface area contributed by atoms with E-state index in [4.69, 9.17) is 15.0 Å². The largest absolute Gasteiger partial charge is 0.478 e.